The maximum atomic E-state index is 12.3. The van der Waals surface area contributed by atoms with Gasteiger partial charge >= 0.3 is 0 Å². The minimum atomic E-state index is -0.638. The molecule has 5 nitrogen and oxygen atoms in total. The molecular formula is C18H14Cl2N2O3. The van der Waals surface area contributed by atoms with Crippen LogP contribution < -0.4 is 10.1 Å². The van der Waals surface area contributed by atoms with Crippen LogP contribution in [0.25, 0.3) is 6.08 Å². The van der Waals surface area contributed by atoms with Crippen molar-refractivity contribution in [3.63, 3.8) is 0 Å². The lowest BCUT2D eigenvalue weighted by atomic mass is 10.1. The Morgan fingerprint density at radius 2 is 2.04 bits per heavy atom. The normalized spacial score (nSPS) is 10.9. The number of carbonyl (C=O) groups is 1. The number of carbonyl (C=O) groups excluding carboxylic acids is 1. The highest BCUT2D eigenvalue weighted by atomic mass is 35.5. The van der Waals surface area contributed by atoms with Gasteiger partial charge in [0, 0.05) is 27.4 Å². The Morgan fingerprint density at radius 1 is 1.32 bits per heavy atom. The van der Waals surface area contributed by atoms with Gasteiger partial charge in [0.25, 0.3) is 5.91 Å². The van der Waals surface area contributed by atoms with E-state index in [1.165, 1.54) is 25.3 Å². The standard InChI is InChI=1S/C18H14Cl2N2O3/c1-10-3-4-14(8-15(10)20)22-18(24)12(9-21)5-11-6-13(19)7-16(25-2)17(11)23/h3-8,23H,1-2H3,(H,22,24)/b12-5-. The fourth-order valence-electron chi connectivity index (χ4n) is 2.03. The van der Waals surface area contributed by atoms with Crippen LogP contribution in [0.3, 0.4) is 0 Å². The Bertz CT molecular complexity index is 902. The first-order valence-corrected chi connectivity index (χ1v) is 7.87. The van der Waals surface area contributed by atoms with E-state index in [-0.39, 0.29) is 22.6 Å². The summed E-state index contributed by atoms with van der Waals surface area (Å²) in [7, 11) is 1.37. The first kappa shape index (κ1) is 18.7. The van der Waals surface area contributed by atoms with Crippen molar-refractivity contribution in [1.82, 2.24) is 0 Å². The number of nitrogens with one attached hydrogen (secondary N) is 1. The number of halogens is 2. The predicted octanol–water partition coefficient (Wildman–Crippen LogP) is 4.56. The highest BCUT2D eigenvalue weighted by Gasteiger charge is 2.14. The van der Waals surface area contributed by atoms with Crippen molar-refractivity contribution in [2.75, 3.05) is 12.4 Å². The zero-order chi connectivity index (χ0) is 18.6. The van der Waals surface area contributed by atoms with E-state index in [4.69, 9.17) is 27.9 Å². The fraction of sp³-hybridized carbons (Fsp3) is 0.111. The maximum absolute atomic E-state index is 12.3. The summed E-state index contributed by atoms with van der Waals surface area (Å²) in [6, 6.07) is 9.66. The molecule has 25 heavy (non-hydrogen) atoms. The summed E-state index contributed by atoms with van der Waals surface area (Å²) in [5.74, 6) is -0.714. The molecule has 7 heteroatoms. The number of phenolic OH excluding ortho intramolecular Hbond substituents is 1. The van der Waals surface area contributed by atoms with Crippen molar-refractivity contribution < 1.29 is 14.6 Å². The summed E-state index contributed by atoms with van der Waals surface area (Å²) < 4.78 is 5.00. The molecule has 2 rings (SSSR count). The summed E-state index contributed by atoms with van der Waals surface area (Å²) in [4.78, 5) is 12.3. The molecule has 0 atom stereocenters. The van der Waals surface area contributed by atoms with E-state index in [1.54, 1.807) is 24.3 Å². The number of amides is 1. The molecule has 0 radical (unpaired) electrons. The molecule has 2 aromatic carbocycles. The molecular weight excluding hydrogens is 363 g/mol. The van der Waals surface area contributed by atoms with Crippen molar-refractivity contribution >= 4 is 40.9 Å². The third kappa shape index (κ3) is 4.44. The lowest BCUT2D eigenvalue weighted by Crippen LogP contribution is -2.13. The molecule has 0 bridgehead atoms. The van der Waals surface area contributed by atoms with Gasteiger partial charge in [0.1, 0.15) is 11.6 Å². The minimum absolute atomic E-state index is 0.141. The fourth-order valence-corrected chi connectivity index (χ4v) is 2.43. The van der Waals surface area contributed by atoms with Crippen LogP contribution in [-0.4, -0.2) is 18.1 Å². The van der Waals surface area contributed by atoms with Crippen LogP contribution >= 0.6 is 23.2 Å². The van der Waals surface area contributed by atoms with Crippen LogP contribution in [0.15, 0.2) is 35.9 Å². The molecule has 0 aliphatic carbocycles. The van der Waals surface area contributed by atoms with Gasteiger partial charge in [0.2, 0.25) is 0 Å². The molecule has 0 unspecified atom stereocenters. The molecule has 0 aliphatic heterocycles. The van der Waals surface area contributed by atoms with Gasteiger partial charge in [-0.15, -0.1) is 0 Å². The third-order valence-electron chi connectivity index (χ3n) is 3.38. The van der Waals surface area contributed by atoms with Gasteiger partial charge in [-0.25, -0.2) is 0 Å². The van der Waals surface area contributed by atoms with E-state index in [9.17, 15) is 15.2 Å². The van der Waals surface area contributed by atoms with E-state index < -0.39 is 5.91 Å². The molecule has 0 spiro atoms. The Morgan fingerprint density at radius 3 is 2.64 bits per heavy atom. The van der Waals surface area contributed by atoms with Crippen LogP contribution in [0.5, 0.6) is 11.5 Å². The van der Waals surface area contributed by atoms with Crippen LogP contribution in [0.2, 0.25) is 10.0 Å². The van der Waals surface area contributed by atoms with Crippen LogP contribution in [0.4, 0.5) is 5.69 Å². The molecule has 2 N–H and O–H groups in total. The summed E-state index contributed by atoms with van der Waals surface area (Å²) >= 11 is 12.0. The zero-order valence-corrected chi connectivity index (χ0v) is 14.9. The minimum Gasteiger partial charge on any atom is -0.504 e. The number of ether oxygens (including phenoxy) is 1. The number of nitriles is 1. The van der Waals surface area contributed by atoms with Crippen LogP contribution in [0, 0.1) is 18.3 Å². The van der Waals surface area contributed by atoms with Gasteiger partial charge < -0.3 is 15.2 Å². The SMILES string of the molecule is COc1cc(Cl)cc(/C=C(/C#N)C(=O)Nc2ccc(C)c(Cl)c2)c1O. The molecule has 128 valence electrons. The summed E-state index contributed by atoms with van der Waals surface area (Å²) in [5.41, 5.74) is 1.30. The van der Waals surface area contributed by atoms with Crippen molar-refractivity contribution in [2.45, 2.75) is 6.92 Å². The number of phenols is 1. The van der Waals surface area contributed by atoms with E-state index in [0.717, 1.165) is 5.56 Å². The zero-order valence-electron chi connectivity index (χ0n) is 13.4. The highest BCUT2D eigenvalue weighted by molar-refractivity contribution is 6.32. The third-order valence-corrected chi connectivity index (χ3v) is 4.01. The molecule has 0 heterocycles. The summed E-state index contributed by atoms with van der Waals surface area (Å²) in [6.07, 6.45) is 1.23. The van der Waals surface area contributed by atoms with E-state index in [1.807, 2.05) is 6.92 Å². The maximum Gasteiger partial charge on any atom is 0.266 e. The van der Waals surface area contributed by atoms with Crippen molar-refractivity contribution in [3.8, 4) is 17.6 Å². The summed E-state index contributed by atoms with van der Waals surface area (Å²) in [5, 5.41) is 22.8. The number of anilines is 1. The number of aryl methyl sites for hydroxylation is 1. The quantitative estimate of drug-likeness (QED) is 0.604. The second kappa shape index (κ2) is 7.93. The lowest BCUT2D eigenvalue weighted by Gasteiger charge is -2.09. The highest BCUT2D eigenvalue weighted by Crippen LogP contribution is 2.34. The molecule has 0 aliphatic rings. The molecule has 0 saturated carbocycles. The van der Waals surface area contributed by atoms with Crippen molar-refractivity contribution in [2.24, 2.45) is 0 Å². The molecule has 1 amide bonds. The van der Waals surface area contributed by atoms with E-state index in [2.05, 4.69) is 5.32 Å². The van der Waals surface area contributed by atoms with E-state index in [0.29, 0.717) is 15.7 Å². The number of aromatic hydroxyl groups is 1. The number of hydrogen-bond acceptors (Lipinski definition) is 4. The first-order valence-electron chi connectivity index (χ1n) is 7.11. The average molecular weight is 377 g/mol. The molecule has 0 aromatic heterocycles. The molecule has 0 fully saturated rings. The first-order chi connectivity index (χ1) is 11.8. The van der Waals surface area contributed by atoms with Gasteiger partial charge in [-0.05, 0) is 36.8 Å². The van der Waals surface area contributed by atoms with Crippen molar-refractivity contribution in [1.29, 1.82) is 5.26 Å². The van der Waals surface area contributed by atoms with Crippen molar-refractivity contribution in [3.05, 3.63) is 57.1 Å². The largest absolute Gasteiger partial charge is 0.504 e. The number of hydrogen-bond donors (Lipinski definition) is 2. The Labute approximate surface area is 155 Å². The number of rotatable bonds is 4. The topological polar surface area (TPSA) is 82.3 Å². The Kier molecular flexibility index (Phi) is 5.92. The van der Waals surface area contributed by atoms with Gasteiger partial charge in [0.05, 0.1) is 7.11 Å². The lowest BCUT2D eigenvalue weighted by molar-refractivity contribution is -0.112. The van der Waals surface area contributed by atoms with Gasteiger partial charge in [-0.1, -0.05) is 29.3 Å². The average Bonchev–Trinajstić information content (AvgIpc) is 2.58. The van der Waals surface area contributed by atoms with Crippen LogP contribution in [-0.2, 0) is 4.79 Å². The smallest absolute Gasteiger partial charge is 0.266 e. The van der Waals surface area contributed by atoms with E-state index >= 15 is 0 Å². The Balaban J connectivity index is 2.34. The monoisotopic (exact) mass is 376 g/mol. The number of nitrogens with zero attached hydrogens (tertiary/aromatic N) is 1. The second-order valence-corrected chi connectivity index (χ2v) is 5.98. The van der Waals surface area contributed by atoms with Gasteiger partial charge in [-0.3, -0.25) is 4.79 Å². The predicted molar refractivity (Wildman–Crippen MR) is 98.1 cm³/mol. The van der Waals surface area contributed by atoms with Crippen LogP contribution in [0.1, 0.15) is 11.1 Å². The molecule has 2 aromatic rings. The molecule has 0 saturated heterocycles. The number of benzene rings is 2. The van der Waals surface area contributed by atoms with Gasteiger partial charge in [0.15, 0.2) is 11.5 Å². The second-order valence-electron chi connectivity index (χ2n) is 5.13. The number of methoxy groups -OCH3 is 1. The Hall–Kier alpha value is -2.68. The summed E-state index contributed by atoms with van der Waals surface area (Å²) in [6.45, 7) is 1.84. The van der Waals surface area contributed by atoms with Gasteiger partial charge in [-0.2, -0.15) is 5.26 Å².